The first kappa shape index (κ1) is 14.2. The number of aliphatic hydroxyl groups excluding tert-OH is 1. The molecule has 1 unspecified atom stereocenters. The van der Waals surface area contributed by atoms with Crippen LogP contribution in [0.5, 0.6) is 0 Å². The third kappa shape index (κ3) is 4.13. The van der Waals surface area contributed by atoms with Crippen LogP contribution in [0.3, 0.4) is 0 Å². The number of halogens is 2. The molecule has 0 saturated carbocycles. The summed E-state index contributed by atoms with van der Waals surface area (Å²) in [5.74, 6) is -0.245. The maximum atomic E-state index is 13.5. The summed E-state index contributed by atoms with van der Waals surface area (Å²) in [6, 6.07) is 14.2. The molecule has 2 aromatic carbocycles. The van der Waals surface area contributed by atoms with Crippen LogP contribution in [0, 0.1) is 5.82 Å². The largest absolute Gasteiger partial charge is 0.387 e. The van der Waals surface area contributed by atoms with Crippen LogP contribution < -0.4 is 5.32 Å². The van der Waals surface area contributed by atoms with E-state index >= 15 is 0 Å². The van der Waals surface area contributed by atoms with Crippen LogP contribution in [0.2, 0.25) is 0 Å². The van der Waals surface area contributed by atoms with E-state index in [1.807, 2.05) is 30.3 Å². The lowest BCUT2D eigenvalue weighted by molar-refractivity contribution is 0.174. The van der Waals surface area contributed by atoms with Gasteiger partial charge in [-0.2, -0.15) is 0 Å². The molecule has 0 saturated heterocycles. The van der Waals surface area contributed by atoms with Crippen LogP contribution in [-0.2, 0) is 6.54 Å². The average molecular weight is 324 g/mol. The molecular weight excluding hydrogens is 309 g/mol. The third-order valence-electron chi connectivity index (χ3n) is 2.85. The molecule has 2 nitrogen and oxygen atoms in total. The van der Waals surface area contributed by atoms with Crippen molar-refractivity contribution in [3.8, 4) is 0 Å². The number of nitrogens with one attached hydrogen (secondary N) is 1. The number of rotatable bonds is 5. The van der Waals surface area contributed by atoms with Gasteiger partial charge in [0, 0.05) is 23.1 Å². The molecule has 0 fully saturated rings. The molecule has 2 aromatic rings. The zero-order valence-corrected chi connectivity index (χ0v) is 11.9. The van der Waals surface area contributed by atoms with Crippen LogP contribution in [0.1, 0.15) is 17.2 Å². The Balaban J connectivity index is 1.88. The lowest BCUT2D eigenvalue weighted by Crippen LogP contribution is -2.21. The lowest BCUT2D eigenvalue weighted by Gasteiger charge is -2.12. The molecule has 4 heteroatoms. The first-order valence-electron chi connectivity index (χ1n) is 6.04. The van der Waals surface area contributed by atoms with Gasteiger partial charge in [-0.25, -0.2) is 4.39 Å². The van der Waals surface area contributed by atoms with Crippen molar-refractivity contribution in [1.29, 1.82) is 0 Å². The Kier molecular flexibility index (Phi) is 5.07. The van der Waals surface area contributed by atoms with E-state index in [4.69, 9.17) is 0 Å². The SMILES string of the molecule is OC(CNCc1cc(Br)ccc1F)c1ccccc1. The van der Waals surface area contributed by atoms with Crippen LogP contribution in [-0.4, -0.2) is 11.7 Å². The van der Waals surface area contributed by atoms with Crippen molar-refractivity contribution >= 4 is 15.9 Å². The zero-order chi connectivity index (χ0) is 13.7. The quantitative estimate of drug-likeness (QED) is 0.883. The Morgan fingerprint density at radius 3 is 2.63 bits per heavy atom. The number of benzene rings is 2. The summed E-state index contributed by atoms with van der Waals surface area (Å²) in [6.45, 7) is 0.769. The van der Waals surface area contributed by atoms with Gasteiger partial charge in [-0.3, -0.25) is 0 Å². The molecule has 100 valence electrons. The second kappa shape index (κ2) is 6.80. The molecule has 0 amide bonds. The Morgan fingerprint density at radius 2 is 1.89 bits per heavy atom. The maximum absolute atomic E-state index is 13.5. The molecule has 0 aliphatic carbocycles. The summed E-state index contributed by atoms with van der Waals surface area (Å²) in [7, 11) is 0. The first-order valence-corrected chi connectivity index (χ1v) is 6.84. The molecule has 0 aromatic heterocycles. The van der Waals surface area contributed by atoms with Gasteiger partial charge in [0.15, 0.2) is 0 Å². The fourth-order valence-electron chi connectivity index (χ4n) is 1.82. The summed E-state index contributed by atoms with van der Waals surface area (Å²) in [6.07, 6.45) is -0.587. The summed E-state index contributed by atoms with van der Waals surface area (Å²) in [4.78, 5) is 0. The van der Waals surface area contributed by atoms with Crippen LogP contribution in [0.25, 0.3) is 0 Å². The highest BCUT2D eigenvalue weighted by molar-refractivity contribution is 9.10. The molecule has 2 rings (SSSR count). The van der Waals surface area contributed by atoms with Gasteiger partial charge in [-0.1, -0.05) is 46.3 Å². The van der Waals surface area contributed by atoms with Crippen molar-refractivity contribution in [3.05, 3.63) is 69.9 Å². The highest BCUT2D eigenvalue weighted by Crippen LogP contribution is 2.16. The van der Waals surface area contributed by atoms with E-state index in [1.54, 1.807) is 12.1 Å². The predicted molar refractivity (Wildman–Crippen MR) is 77.2 cm³/mol. The summed E-state index contributed by atoms with van der Waals surface area (Å²) in [5, 5.41) is 13.0. The fourth-order valence-corrected chi connectivity index (χ4v) is 2.22. The summed E-state index contributed by atoms with van der Waals surface area (Å²) in [5.41, 5.74) is 1.43. The van der Waals surface area contributed by atoms with Crippen molar-refractivity contribution in [2.75, 3.05) is 6.54 Å². The molecule has 2 N–H and O–H groups in total. The van der Waals surface area contributed by atoms with Crippen LogP contribution in [0.15, 0.2) is 53.0 Å². The van der Waals surface area contributed by atoms with E-state index in [9.17, 15) is 9.50 Å². The van der Waals surface area contributed by atoms with Gasteiger partial charge in [0.05, 0.1) is 6.10 Å². The molecule has 0 bridgehead atoms. The van der Waals surface area contributed by atoms with Gasteiger partial charge in [-0.05, 0) is 23.8 Å². The Hall–Kier alpha value is -1.23. The van der Waals surface area contributed by atoms with Gasteiger partial charge in [-0.15, -0.1) is 0 Å². The van der Waals surface area contributed by atoms with Crippen LogP contribution >= 0.6 is 15.9 Å². The van der Waals surface area contributed by atoms with E-state index in [1.165, 1.54) is 6.07 Å². The van der Waals surface area contributed by atoms with Gasteiger partial charge in [0.1, 0.15) is 5.82 Å². The van der Waals surface area contributed by atoms with Gasteiger partial charge < -0.3 is 10.4 Å². The number of hydrogen-bond donors (Lipinski definition) is 2. The minimum atomic E-state index is -0.587. The van der Waals surface area contributed by atoms with Gasteiger partial charge in [0.2, 0.25) is 0 Å². The average Bonchev–Trinajstić information content (AvgIpc) is 2.43. The Morgan fingerprint density at radius 1 is 1.16 bits per heavy atom. The van der Waals surface area contributed by atoms with E-state index in [-0.39, 0.29) is 5.82 Å². The minimum absolute atomic E-state index is 0.245. The number of aliphatic hydroxyl groups is 1. The van der Waals surface area contributed by atoms with Gasteiger partial charge in [0.25, 0.3) is 0 Å². The molecule has 0 heterocycles. The van der Waals surface area contributed by atoms with E-state index in [0.717, 1.165) is 10.0 Å². The second-order valence-electron chi connectivity index (χ2n) is 4.29. The van der Waals surface area contributed by atoms with Crippen molar-refractivity contribution in [1.82, 2.24) is 5.32 Å². The van der Waals surface area contributed by atoms with E-state index in [2.05, 4.69) is 21.2 Å². The molecule has 1 atom stereocenters. The maximum Gasteiger partial charge on any atom is 0.127 e. The smallest absolute Gasteiger partial charge is 0.127 e. The van der Waals surface area contributed by atoms with Crippen molar-refractivity contribution in [2.45, 2.75) is 12.6 Å². The lowest BCUT2D eigenvalue weighted by atomic mass is 10.1. The fraction of sp³-hybridized carbons (Fsp3) is 0.200. The minimum Gasteiger partial charge on any atom is -0.387 e. The molecular formula is C15H15BrFNO. The normalized spacial score (nSPS) is 12.4. The van der Waals surface area contributed by atoms with Gasteiger partial charge >= 0.3 is 0 Å². The molecule has 0 spiro atoms. The monoisotopic (exact) mass is 323 g/mol. The zero-order valence-electron chi connectivity index (χ0n) is 10.3. The van der Waals surface area contributed by atoms with Crippen molar-refractivity contribution in [2.24, 2.45) is 0 Å². The van der Waals surface area contributed by atoms with E-state index < -0.39 is 6.10 Å². The highest BCUT2D eigenvalue weighted by atomic mass is 79.9. The Bertz CT molecular complexity index is 533. The molecule has 19 heavy (non-hydrogen) atoms. The second-order valence-corrected chi connectivity index (χ2v) is 5.21. The first-order chi connectivity index (χ1) is 9.16. The molecule has 0 aliphatic heterocycles. The Labute approximate surface area is 120 Å². The molecule has 0 radical (unpaired) electrons. The summed E-state index contributed by atoms with van der Waals surface area (Å²) < 4.78 is 14.3. The predicted octanol–water partition coefficient (Wildman–Crippen LogP) is 3.41. The topological polar surface area (TPSA) is 32.3 Å². The third-order valence-corrected chi connectivity index (χ3v) is 3.34. The summed E-state index contributed by atoms with van der Waals surface area (Å²) >= 11 is 3.31. The number of hydrogen-bond acceptors (Lipinski definition) is 2. The molecule has 0 aliphatic rings. The van der Waals surface area contributed by atoms with E-state index in [0.29, 0.717) is 18.7 Å². The van der Waals surface area contributed by atoms with Crippen molar-refractivity contribution < 1.29 is 9.50 Å². The van der Waals surface area contributed by atoms with Crippen molar-refractivity contribution in [3.63, 3.8) is 0 Å². The van der Waals surface area contributed by atoms with Crippen LogP contribution in [0.4, 0.5) is 4.39 Å². The highest BCUT2D eigenvalue weighted by Gasteiger charge is 2.07. The standard InChI is InChI=1S/C15H15BrFNO/c16-13-6-7-14(17)12(8-13)9-18-10-15(19)11-4-2-1-3-5-11/h1-8,15,18-19H,9-10H2.